The van der Waals surface area contributed by atoms with Crippen LogP contribution in [0.5, 0.6) is 0 Å². The van der Waals surface area contributed by atoms with Gasteiger partial charge >= 0.3 is 0 Å². The van der Waals surface area contributed by atoms with Gasteiger partial charge in [-0.05, 0) is 30.2 Å². The molecule has 0 amide bonds. The summed E-state index contributed by atoms with van der Waals surface area (Å²) < 4.78 is 0. The first kappa shape index (κ1) is 14.0. The van der Waals surface area contributed by atoms with Gasteiger partial charge in [0.1, 0.15) is 5.82 Å². The predicted molar refractivity (Wildman–Crippen MR) is 83.7 cm³/mol. The van der Waals surface area contributed by atoms with Gasteiger partial charge in [-0.2, -0.15) is 4.98 Å². The minimum atomic E-state index is 0.212. The molecule has 0 bridgehead atoms. The van der Waals surface area contributed by atoms with E-state index in [1.54, 1.807) is 29.7 Å². The largest absolute Gasteiger partial charge is 0.383 e. The lowest BCUT2D eigenvalue weighted by Gasteiger charge is -2.09. The van der Waals surface area contributed by atoms with E-state index >= 15 is 0 Å². The molecule has 4 N–H and O–H groups in total. The summed E-state index contributed by atoms with van der Waals surface area (Å²) in [6, 6.07) is 6.44. The fourth-order valence-electron chi connectivity index (χ4n) is 1.78. The van der Waals surface area contributed by atoms with Crippen LogP contribution in [0.1, 0.15) is 11.1 Å². The number of hydrogen-bond acceptors (Lipinski definition) is 6. The van der Waals surface area contributed by atoms with Crippen molar-refractivity contribution in [2.24, 2.45) is 0 Å². The van der Waals surface area contributed by atoms with E-state index in [0.717, 1.165) is 5.56 Å². The highest BCUT2D eigenvalue weighted by molar-refractivity contribution is 8.01. The smallest absolute Gasteiger partial charge is 0.221 e. The van der Waals surface area contributed by atoms with Gasteiger partial charge in [0.05, 0.1) is 0 Å². The zero-order chi connectivity index (χ0) is 13.8. The molecule has 0 saturated carbocycles. The quantitative estimate of drug-likeness (QED) is 0.844. The van der Waals surface area contributed by atoms with Gasteiger partial charge in [0.25, 0.3) is 0 Å². The zero-order valence-electron chi connectivity index (χ0n) is 10.9. The van der Waals surface area contributed by atoms with E-state index in [9.17, 15) is 0 Å². The van der Waals surface area contributed by atoms with Crippen molar-refractivity contribution in [3.05, 3.63) is 35.5 Å². The summed E-state index contributed by atoms with van der Waals surface area (Å²) in [6.45, 7) is 0. The number of aromatic nitrogens is 2. The Morgan fingerprint density at radius 1 is 1.11 bits per heavy atom. The summed E-state index contributed by atoms with van der Waals surface area (Å²) in [5.74, 6) is 0.663. The highest BCUT2D eigenvalue weighted by atomic mass is 32.2. The van der Waals surface area contributed by atoms with Gasteiger partial charge < -0.3 is 11.5 Å². The number of nitrogens with two attached hydrogens (primary N) is 2. The molecular weight excluding hydrogens is 276 g/mol. The normalized spacial score (nSPS) is 10.6. The van der Waals surface area contributed by atoms with Gasteiger partial charge in [0, 0.05) is 28.0 Å². The lowest BCUT2D eigenvalue weighted by atomic mass is 10.1. The van der Waals surface area contributed by atoms with Crippen LogP contribution >= 0.6 is 23.5 Å². The van der Waals surface area contributed by atoms with Crippen LogP contribution < -0.4 is 11.5 Å². The van der Waals surface area contributed by atoms with Gasteiger partial charge in [-0.1, -0.05) is 6.07 Å². The van der Waals surface area contributed by atoms with Crippen molar-refractivity contribution in [3.8, 4) is 0 Å². The highest BCUT2D eigenvalue weighted by Crippen LogP contribution is 2.29. The van der Waals surface area contributed by atoms with Crippen molar-refractivity contribution in [1.29, 1.82) is 0 Å². The van der Waals surface area contributed by atoms with E-state index in [0.29, 0.717) is 12.2 Å². The van der Waals surface area contributed by atoms with Crippen LogP contribution in [0.15, 0.2) is 34.2 Å². The molecule has 0 aliphatic rings. The van der Waals surface area contributed by atoms with Crippen LogP contribution in [-0.2, 0) is 6.42 Å². The first-order valence-electron chi connectivity index (χ1n) is 5.71. The topological polar surface area (TPSA) is 77.8 Å². The second kappa shape index (κ2) is 6.16. The number of thioether (sulfide) groups is 2. The summed E-state index contributed by atoms with van der Waals surface area (Å²) in [5.41, 5.74) is 13.4. The van der Waals surface area contributed by atoms with Crippen LogP contribution in [0.4, 0.5) is 11.8 Å². The molecule has 2 rings (SSSR count). The van der Waals surface area contributed by atoms with E-state index in [1.807, 2.05) is 0 Å². The summed E-state index contributed by atoms with van der Waals surface area (Å²) in [7, 11) is 0. The molecule has 100 valence electrons. The van der Waals surface area contributed by atoms with E-state index in [1.165, 1.54) is 15.4 Å². The second-order valence-corrected chi connectivity index (χ2v) is 5.70. The van der Waals surface area contributed by atoms with Crippen molar-refractivity contribution in [2.45, 2.75) is 16.2 Å². The molecule has 0 aliphatic carbocycles. The first-order chi connectivity index (χ1) is 9.13. The molecule has 0 radical (unpaired) electrons. The molecule has 0 aliphatic heterocycles. The average molecular weight is 292 g/mol. The van der Waals surface area contributed by atoms with Crippen LogP contribution in [0, 0.1) is 0 Å². The summed E-state index contributed by atoms with van der Waals surface area (Å²) in [5, 5.41) is 0. The molecule has 0 spiro atoms. The molecular formula is C13H16N4S2. The van der Waals surface area contributed by atoms with Gasteiger partial charge in [0.2, 0.25) is 5.95 Å². The Kier molecular flexibility index (Phi) is 4.55. The van der Waals surface area contributed by atoms with Crippen molar-refractivity contribution < 1.29 is 0 Å². The minimum Gasteiger partial charge on any atom is -0.383 e. The first-order valence-corrected chi connectivity index (χ1v) is 8.16. The van der Waals surface area contributed by atoms with E-state index in [4.69, 9.17) is 11.5 Å². The van der Waals surface area contributed by atoms with Gasteiger partial charge in [0.15, 0.2) is 0 Å². The molecule has 1 aromatic carbocycles. The standard InChI is InChI=1S/C13H16N4S2/c1-18-10-4-3-8(6-11(10)19-2)5-9-7-16-13(15)17-12(9)14/h3-4,6-7H,5H2,1-2H3,(H4,14,15,16,17). The van der Waals surface area contributed by atoms with E-state index in [2.05, 4.69) is 40.7 Å². The summed E-state index contributed by atoms with van der Waals surface area (Å²) >= 11 is 3.50. The lowest BCUT2D eigenvalue weighted by molar-refractivity contribution is 1.07. The highest BCUT2D eigenvalue weighted by Gasteiger charge is 2.07. The molecule has 4 nitrogen and oxygen atoms in total. The molecule has 0 unspecified atom stereocenters. The van der Waals surface area contributed by atoms with Crippen molar-refractivity contribution in [3.63, 3.8) is 0 Å². The fourth-order valence-corrected chi connectivity index (χ4v) is 3.28. The third-order valence-corrected chi connectivity index (χ3v) is 4.46. The lowest BCUT2D eigenvalue weighted by Crippen LogP contribution is -2.04. The Morgan fingerprint density at radius 2 is 1.84 bits per heavy atom. The van der Waals surface area contributed by atoms with Gasteiger partial charge in [-0.25, -0.2) is 4.98 Å². The zero-order valence-corrected chi connectivity index (χ0v) is 12.5. The molecule has 1 aromatic heterocycles. The Labute approximate surface area is 121 Å². The Bertz CT molecular complexity index is 587. The number of nitrogen functional groups attached to an aromatic ring is 2. The minimum absolute atomic E-state index is 0.212. The summed E-state index contributed by atoms with van der Waals surface area (Å²) in [6.07, 6.45) is 6.58. The molecule has 2 aromatic rings. The summed E-state index contributed by atoms with van der Waals surface area (Å²) in [4.78, 5) is 10.5. The number of nitrogens with zero attached hydrogens (tertiary/aromatic N) is 2. The molecule has 1 heterocycles. The number of anilines is 2. The SMILES string of the molecule is CSc1ccc(Cc2cnc(N)nc2N)cc1SC. The van der Waals surface area contributed by atoms with Crippen LogP contribution in [-0.4, -0.2) is 22.5 Å². The van der Waals surface area contributed by atoms with Crippen molar-refractivity contribution in [2.75, 3.05) is 24.0 Å². The number of hydrogen-bond donors (Lipinski definition) is 2. The predicted octanol–water partition coefficient (Wildman–Crippen LogP) is 2.68. The average Bonchev–Trinajstić information content (AvgIpc) is 2.41. The third kappa shape index (κ3) is 3.33. The Hall–Kier alpha value is -1.40. The Balaban J connectivity index is 2.28. The molecule has 0 atom stereocenters. The second-order valence-electron chi connectivity index (χ2n) is 4.00. The third-order valence-electron chi connectivity index (χ3n) is 2.76. The number of benzene rings is 1. The maximum atomic E-state index is 5.86. The van der Waals surface area contributed by atoms with Crippen LogP contribution in [0.2, 0.25) is 0 Å². The van der Waals surface area contributed by atoms with Gasteiger partial charge in [-0.15, -0.1) is 23.5 Å². The Morgan fingerprint density at radius 3 is 2.47 bits per heavy atom. The van der Waals surface area contributed by atoms with Crippen LogP contribution in [0.25, 0.3) is 0 Å². The molecule has 0 saturated heterocycles. The molecule has 19 heavy (non-hydrogen) atoms. The number of rotatable bonds is 4. The maximum absolute atomic E-state index is 5.86. The van der Waals surface area contributed by atoms with E-state index in [-0.39, 0.29) is 5.95 Å². The van der Waals surface area contributed by atoms with Gasteiger partial charge in [-0.3, -0.25) is 0 Å². The van der Waals surface area contributed by atoms with E-state index < -0.39 is 0 Å². The maximum Gasteiger partial charge on any atom is 0.221 e. The van der Waals surface area contributed by atoms with Crippen LogP contribution in [0.3, 0.4) is 0 Å². The molecule has 0 fully saturated rings. The monoisotopic (exact) mass is 292 g/mol. The fraction of sp³-hybridized carbons (Fsp3) is 0.231. The molecule has 6 heteroatoms. The van der Waals surface area contributed by atoms with Crippen molar-refractivity contribution in [1.82, 2.24) is 9.97 Å². The van der Waals surface area contributed by atoms with Crippen molar-refractivity contribution >= 4 is 35.3 Å².